The van der Waals surface area contributed by atoms with Crippen LogP contribution in [-0.4, -0.2) is 28.8 Å². The van der Waals surface area contributed by atoms with Gasteiger partial charge in [-0.15, -0.1) is 12.4 Å². The molecule has 1 fully saturated rings. The number of para-hydroxylation sites is 1. The third-order valence-corrected chi connectivity index (χ3v) is 4.33. The van der Waals surface area contributed by atoms with E-state index in [1.807, 2.05) is 30.5 Å². The molecule has 0 unspecified atom stereocenters. The minimum atomic E-state index is 0. The molecular formula is C15H18BrClN4O. The Hall–Kier alpha value is -1.37. The average molecular weight is 386 g/mol. The molecule has 118 valence electrons. The number of rotatable bonds is 3. The minimum absolute atomic E-state index is 0. The van der Waals surface area contributed by atoms with E-state index < -0.39 is 0 Å². The molecule has 3 rings (SSSR count). The molecule has 0 bridgehead atoms. The number of piperidine rings is 1. The van der Waals surface area contributed by atoms with E-state index in [0.29, 0.717) is 0 Å². The number of benzene rings is 1. The number of nitrogens with one attached hydrogen (secondary N) is 2. The molecule has 0 atom stereocenters. The molecule has 1 amide bonds. The van der Waals surface area contributed by atoms with Crippen molar-refractivity contribution in [2.24, 2.45) is 5.92 Å². The first-order valence-electron chi connectivity index (χ1n) is 7.05. The Morgan fingerprint density at radius 2 is 2.05 bits per heavy atom. The van der Waals surface area contributed by atoms with Gasteiger partial charge in [0.15, 0.2) is 0 Å². The van der Waals surface area contributed by atoms with Gasteiger partial charge in [-0.25, -0.2) is 4.68 Å². The summed E-state index contributed by atoms with van der Waals surface area (Å²) >= 11 is 3.50. The van der Waals surface area contributed by atoms with Crippen LogP contribution in [0.1, 0.15) is 12.8 Å². The first kappa shape index (κ1) is 17.0. The van der Waals surface area contributed by atoms with Crippen LogP contribution >= 0.6 is 28.3 Å². The lowest BCUT2D eigenvalue weighted by molar-refractivity contribution is -0.120. The van der Waals surface area contributed by atoms with Crippen LogP contribution in [0.3, 0.4) is 0 Å². The predicted octanol–water partition coefficient (Wildman–Crippen LogP) is 2.99. The highest BCUT2D eigenvalue weighted by Gasteiger charge is 2.21. The van der Waals surface area contributed by atoms with Crippen molar-refractivity contribution in [1.29, 1.82) is 0 Å². The van der Waals surface area contributed by atoms with Crippen LogP contribution in [0.25, 0.3) is 5.69 Å². The number of hydrogen-bond donors (Lipinski definition) is 2. The topological polar surface area (TPSA) is 59.0 Å². The Morgan fingerprint density at radius 3 is 2.77 bits per heavy atom. The predicted molar refractivity (Wildman–Crippen MR) is 92.7 cm³/mol. The highest BCUT2D eigenvalue weighted by molar-refractivity contribution is 9.10. The van der Waals surface area contributed by atoms with Crippen LogP contribution in [0.5, 0.6) is 0 Å². The second-order valence-electron chi connectivity index (χ2n) is 5.14. The van der Waals surface area contributed by atoms with Crippen LogP contribution in [-0.2, 0) is 4.79 Å². The molecule has 5 nitrogen and oxygen atoms in total. The lowest BCUT2D eigenvalue weighted by atomic mass is 9.97. The van der Waals surface area contributed by atoms with Crippen molar-refractivity contribution >= 4 is 39.9 Å². The normalized spacial score (nSPS) is 15.1. The number of aromatic nitrogens is 2. The molecule has 7 heteroatoms. The standard InChI is InChI=1S/C15H17BrN4O.ClH/c16-13-3-1-2-4-14(13)20-10-12(9-18-20)19-15(21)11-5-7-17-8-6-11;/h1-4,9-11,17H,5-8H2,(H,19,21);1H. The monoisotopic (exact) mass is 384 g/mol. The maximum absolute atomic E-state index is 12.2. The van der Waals surface area contributed by atoms with E-state index in [4.69, 9.17) is 0 Å². The average Bonchev–Trinajstić information content (AvgIpc) is 2.97. The van der Waals surface area contributed by atoms with Crippen LogP contribution in [0.15, 0.2) is 41.1 Å². The van der Waals surface area contributed by atoms with Gasteiger partial charge in [0.2, 0.25) is 5.91 Å². The van der Waals surface area contributed by atoms with E-state index in [-0.39, 0.29) is 24.2 Å². The Balaban J connectivity index is 0.00000176. The van der Waals surface area contributed by atoms with E-state index in [1.165, 1.54) is 0 Å². The number of amides is 1. The number of carbonyl (C=O) groups excluding carboxylic acids is 1. The molecule has 0 spiro atoms. The second-order valence-corrected chi connectivity index (χ2v) is 5.99. The molecule has 0 radical (unpaired) electrons. The summed E-state index contributed by atoms with van der Waals surface area (Å²) in [7, 11) is 0. The molecule has 1 aromatic heterocycles. The SMILES string of the molecule is Cl.O=C(Nc1cnn(-c2ccccc2Br)c1)C1CCNCC1. The molecule has 2 N–H and O–H groups in total. The Morgan fingerprint density at radius 1 is 1.32 bits per heavy atom. The lowest BCUT2D eigenvalue weighted by Crippen LogP contribution is -2.34. The summed E-state index contributed by atoms with van der Waals surface area (Å²) < 4.78 is 2.71. The number of nitrogens with zero attached hydrogens (tertiary/aromatic N) is 2. The summed E-state index contributed by atoms with van der Waals surface area (Å²) in [6.45, 7) is 1.82. The molecule has 0 aliphatic carbocycles. The zero-order chi connectivity index (χ0) is 14.7. The fourth-order valence-electron chi connectivity index (χ4n) is 2.49. The molecule has 22 heavy (non-hydrogen) atoms. The van der Waals surface area contributed by atoms with Crippen LogP contribution in [0.4, 0.5) is 5.69 Å². The summed E-state index contributed by atoms with van der Waals surface area (Å²) in [5.41, 5.74) is 1.68. The molecule has 2 aromatic rings. The number of carbonyl (C=O) groups is 1. The van der Waals surface area contributed by atoms with Crippen molar-refractivity contribution in [3.63, 3.8) is 0 Å². The summed E-state index contributed by atoms with van der Waals surface area (Å²) in [6, 6.07) is 7.84. The minimum Gasteiger partial charge on any atom is -0.323 e. The smallest absolute Gasteiger partial charge is 0.227 e. The highest BCUT2D eigenvalue weighted by atomic mass is 79.9. The number of halogens is 2. The fraction of sp³-hybridized carbons (Fsp3) is 0.333. The van der Waals surface area contributed by atoms with Gasteiger partial charge < -0.3 is 10.6 Å². The second kappa shape index (κ2) is 7.76. The lowest BCUT2D eigenvalue weighted by Gasteiger charge is -2.21. The van der Waals surface area contributed by atoms with Crippen molar-refractivity contribution in [1.82, 2.24) is 15.1 Å². The zero-order valence-electron chi connectivity index (χ0n) is 12.0. The van der Waals surface area contributed by atoms with Gasteiger partial charge >= 0.3 is 0 Å². The number of anilines is 1. The van der Waals surface area contributed by atoms with Crippen LogP contribution < -0.4 is 10.6 Å². The van der Waals surface area contributed by atoms with Crippen molar-refractivity contribution in [3.05, 3.63) is 41.1 Å². The van der Waals surface area contributed by atoms with Gasteiger partial charge in [-0.1, -0.05) is 12.1 Å². The third kappa shape index (κ3) is 3.88. The first-order chi connectivity index (χ1) is 10.2. The van der Waals surface area contributed by atoms with Gasteiger partial charge in [0, 0.05) is 10.4 Å². The van der Waals surface area contributed by atoms with Gasteiger partial charge in [-0.05, 0) is 54.0 Å². The maximum Gasteiger partial charge on any atom is 0.227 e. The van der Waals surface area contributed by atoms with Crippen molar-refractivity contribution in [2.75, 3.05) is 18.4 Å². The number of hydrogen-bond acceptors (Lipinski definition) is 3. The van der Waals surface area contributed by atoms with E-state index >= 15 is 0 Å². The molecular weight excluding hydrogens is 368 g/mol. The Bertz CT molecular complexity index is 640. The molecule has 2 heterocycles. The molecule has 0 saturated carbocycles. The van der Waals surface area contributed by atoms with E-state index in [2.05, 4.69) is 31.7 Å². The maximum atomic E-state index is 12.2. The summed E-state index contributed by atoms with van der Waals surface area (Å²) in [5, 5.41) is 10.5. The van der Waals surface area contributed by atoms with Crippen molar-refractivity contribution in [2.45, 2.75) is 12.8 Å². The van der Waals surface area contributed by atoms with Gasteiger partial charge in [0.05, 0.1) is 23.8 Å². The van der Waals surface area contributed by atoms with Gasteiger partial charge in [-0.2, -0.15) is 5.10 Å². The van der Waals surface area contributed by atoms with Crippen LogP contribution in [0.2, 0.25) is 0 Å². The fourth-order valence-corrected chi connectivity index (χ4v) is 2.95. The molecule has 1 aromatic carbocycles. The van der Waals surface area contributed by atoms with Gasteiger partial charge in [0.1, 0.15) is 0 Å². The third-order valence-electron chi connectivity index (χ3n) is 3.66. The molecule has 1 aliphatic rings. The van der Waals surface area contributed by atoms with E-state index in [1.54, 1.807) is 10.9 Å². The molecule has 1 saturated heterocycles. The van der Waals surface area contributed by atoms with E-state index in [9.17, 15) is 4.79 Å². The van der Waals surface area contributed by atoms with Crippen LogP contribution in [0, 0.1) is 5.92 Å². The first-order valence-corrected chi connectivity index (χ1v) is 7.84. The van der Waals surface area contributed by atoms with Crippen molar-refractivity contribution in [3.8, 4) is 5.69 Å². The van der Waals surface area contributed by atoms with Gasteiger partial charge in [-0.3, -0.25) is 4.79 Å². The Kier molecular flexibility index (Phi) is 5.99. The molecule has 1 aliphatic heterocycles. The zero-order valence-corrected chi connectivity index (χ0v) is 14.4. The van der Waals surface area contributed by atoms with Crippen molar-refractivity contribution < 1.29 is 4.79 Å². The van der Waals surface area contributed by atoms with E-state index in [0.717, 1.165) is 41.8 Å². The summed E-state index contributed by atoms with van der Waals surface area (Å²) in [4.78, 5) is 12.2. The summed E-state index contributed by atoms with van der Waals surface area (Å²) in [5.74, 6) is 0.182. The Labute approximate surface area is 144 Å². The largest absolute Gasteiger partial charge is 0.323 e. The highest BCUT2D eigenvalue weighted by Crippen LogP contribution is 2.21. The summed E-state index contributed by atoms with van der Waals surface area (Å²) in [6.07, 6.45) is 5.30. The quantitative estimate of drug-likeness (QED) is 0.854. The van der Waals surface area contributed by atoms with Gasteiger partial charge in [0.25, 0.3) is 0 Å².